The number of hydrogen-bond donors (Lipinski definition) is 0. The number of ether oxygens (including phenoxy) is 2. The fourth-order valence-electron chi connectivity index (χ4n) is 6.28. The van der Waals surface area contributed by atoms with Crippen LogP contribution in [0.2, 0.25) is 0 Å². The standard InChI is InChI=1S/C20H24F2O5S/c1-25-16-4-2-15(3-5-16)19-9-13-6-14(10-19)8-18(7-13,11-19)12-26-17(23)20(21,22)28-27-24/h2-5,13-14,24H,6-12H2,1H3/p-1. The molecule has 4 bridgehead atoms. The first-order valence-electron chi connectivity index (χ1n) is 9.47. The molecule has 0 amide bonds. The third-order valence-corrected chi connectivity index (χ3v) is 7.21. The van der Waals surface area contributed by atoms with Crippen LogP contribution in [0.15, 0.2) is 24.3 Å². The zero-order chi connectivity index (χ0) is 20.0. The second kappa shape index (κ2) is 7.15. The molecule has 0 heterocycles. The maximum atomic E-state index is 13.5. The Kier molecular flexibility index (Phi) is 5.08. The molecule has 4 fully saturated rings. The largest absolute Gasteiger partial charge is 0.710 e. The van der Waals surface area contributed by atoms with E-state index in [2.05, 4.69) is 16.5 Å². The van der Waals surface area contributed by atoms with E-state index in [-0.39, 0.29) is 17.4 Å². The third-order valence-electron chi connectivity index (χ3n) is 6.77. The molecule has 5 nitrogen and oxygen atoms in total. The van der Waals surface area contributed by atoms with Gasteiger partial charge in [-0.3, -0.25) is 0 Å². The van der Waals surface area contributed by atoms with E-state index in [4.69, 9.17) is 9.47 Å². The molecule has 4 saturated carbocycles. The zero-order valence-corrected chi connectivity index (χ0v) is 16.4. The van der Waals surface area contributed by atoms with Crippen LogP contribution in [0.25, 0.3) is 0 Å². The second-order valence-electron chi connectivity index (χ2n) is 8.71. The van der Waals surface area contributed by atoms with Crippen molar-refractivity contribution in [1.82, 2.24) is 0 Å². The third kappa shape index (κ3) is 3.50. The lowest BCUT2D eigenvalue weighted by molar-refractivity contribution is -0.630. The van der Waals surface area contributed by atoms with Crippen molar-refractivity contribution in [2.45, 2.75) is 49.2 Å². The molecule has 5 rings (SSSR count). The average Bonchev–Trinajstić information content (AvgIpc) is 2.65. The van der Waals surface area contributed by atoms with Crippen LogP contribution in [0.4, 0.5) is 8.78 Å². The average molecular weight is 413 g/mol. The first kappa shape index (κ1) is 19.9. The highest BCUT2D eigenvalue weighted by Crippen LogP contribution is 2.65. The van der Waals surface area contributed by atoms with Gasteiger partial charge in [-0.05, 0) is 73.5 Å². The van der Waals surface area contributed by atoms with E-state index in [1.807, 2.05) is 12.1 Å². The summed E-state index contributed by atoms with van der Waals surface area (Å²) >= 11 is -0.717. The topological polar surface area (TPSA) is 67.8 Å². The first-order chi connectivity index (χ1) is 13.3. The molecule has 2 unspecified atom stereocenters. The van der Waals surface area contributed by atoms with E-state index >= 15 is 0 Å². The summed E-state index contributed by atoms with van der Waals surface area (Å²) in [7, 11) is 1.63. The van der Waals surface area contributed by atoms with Crippen LogP contribution < -0.4 is 9.99 Å². The number of halogens is 2. The van der Waals surface area contributed by atoms with Crippen LogP contribution >= 0.6 is 12.0 Å². The maximum Gasteiger partial charge on any atom is 0.412 e. The number of rotatable bonds is 7. The van der Waals surface area contributed by atoms with Gasteiger partial charge in [0.15, 0.2) is 0 Å². The Hall–Kier alpha value is -1.38. The Bertz CT molecular complexity index is 725. The van der Waals surface area contributed by atoms with Gasteiger partial charge in [0.05, 0.1) is 25.8 Å². The summed E-state index contributed by atoms with van der Waals surface area (Å²) in [6.07, 6.45) is 5.94. The lowest BCUT2D eigenvalue weighted by Gasteiger charge is -2.62. The van der Waals surface area contributed by atoms with Crippen LogP contribution in [0.5, 0.6) is 5.75 Å². The van der Waals surface area contributed by atoms with Gasteiger partial charge >= 0.3 is 11.2 Å². The lowest BCUT2D eigenvalue weighted by atomic mass is 9.43. The van der Waals surface area contributed by atoms with Crippen molar-refractivity contribution in [3.63, 3.8) is 0 Å². The fraction of sp³-hybridized carbons (Fsp3) is 0.650. The quantitative estimate of drug-likeness (QED) is 0.294. The van der Waals surface area contributed by atoms with Crippen molar-refractivity contribution in [2.24, 2.45) is 17.3 Å². The number of methoxy groups -OCH3 is 1. The fourth-order valence-corrected chi connectivity index (χ4v) is 6.50. The Balaban J connectivity index is 1.53. The summed E-state index contributed by atoms with van der Waals surface area (Å²) in [6.45, 7) is -0.0360. The predicted molar refractivity (Wildman–Crippen MR) is 96.4 cm³/mol. The number of hydrogen-bond acceptors (Lipinski definition) is 6. The van der Waals surface area contributed by atoms with Crippen molar-refractivity contribution in [1.29, 1.82) is 0 Å². The molecule has 1 aromatic carbocycles. The summed E-state index contributed by atoms with van der Waals surface area (Å²) in [5.41, 5.74) is 0.968. The molecule has 0 spiro atoms. The second-order valence-corrected chi connectivity index (χ2v) is 9.53. The van der Waals surface area contributed by atoms with E-state index in [0.717, 1.165) is 44.3 Å². The van der Waals surface area contributed by atoms with Crippen molar-refractivity contribution < 1.29 is 32.6 Å². The monoisotopic (exact) mass is 413 g/mol. The summed E-state index contributed by atoms with van der Waals surface area (Å²) in [6, 6.07) is 8.12. The molecule has 154 valence electrons. The van der Waals surface area contributed by atoms with Crippen molar-refractivity contribution in [3.05, 3.63) is 29.8 Å². The number of carbonyl (C=O) groups is 1. The minimum Gasteiger partial charge on any atom is -0.710 e. The van der Waals surface area contributed by atoms with Crippen molar-refractivity contribution in [2.75, 3.05) is 13.7 Å². The Morgan fingerprint density at radius 3 is 2.43 bits per heavy atom. The summed E-state index contributed by atoms with van der Waals surface area (Å²) in [4.78, 5) is 11.7. The normalized spacial score (nSPS) is 33.7. The number of esters is 1. The molecule has 4 aliphatic rings. The van der Waals surface area contributed by atoms with E-state index in [1.54, 1.807) is 7.11 Å². The zero-order valence-electron chi connectivity index (χ0n) is 15.6. The molecular formula is C20H23F2O5S-. The highest BCUT2D eigenvalue weighted by molar-refractivity contribution is 7.96. The Morgan fingerprint density at radius 1 is 1.21 bits per heavy atom. The molecule has 1 aromatic rings. The highest BCUT2D eigenvalue weighted by Gasteiger charge is 2.59. The smallest absolute Gasteiger partial charge is 0.412 e. The van der Waals surface area contributed by atoms with E-state index in [0.29, 0.717) is 11.8 Å². The number of alkyl halides is 2. The lowest BCUT2D eigenvalue weighted by Crippen LogP contribution is -2.55. The van der Waals surface area contributed by atoms with Gasteiger partial charge in [-0.25, -0.2) is 4.79 Å². The van der Waals surface area contributed by atoms with Crippen LogP contribution in [-0.2, 0) is 19.3 Å². The summed E-state index contributed by atoms with van der Waals surface area (Å²) in [5, 5.41) is 6.00. The minimum atomic E-state index is -3.99. The van der Waals surface area contributed by atoms with Gasteiger partial charge in [0.1, 0.15) is 5.75 Å². The van der Waals surface area contributed by atoms with E-state index in [9.17, 15) is 18.8 Å². The van der Waals surface area contributed by atoms with Crippen LogP contribution in [0.3, 0.4) is 0 Å². The minimum absolute atomic E-state index is 0.00183. The molecule has 28 heavy (non-hydrogen) atoms. The predicted octanol–water partition coefficient (Wildman–Crippen LogP) is 3.61. The van der Waals surface area contributed by atoms with Crippen molar-refractivity contribution in [3.8, 4) is 5.75 Å². The molecule has 0 radical (unpaired) electrons. The van der Waals surface area contributed by atoms with Gasteiger partial charge in [0.25, 0.3) is 0 Å². The van der Waals surface area contributed by atoms with Gasteiger partial charge in [0.2, 0.25) is 0 Å². The molecule has 0 aliphatic heterocycles. The number of carbonyl (C=O) groups excluding carboxylic acids is 1. The van der Waals surface area contributed by atoms with Crippen LogP contribution in [-0.4, -0.2) is 24.9 Å². The van der Waals surface area contributed by atoms with Gasteiger partial charge in [-0.15, -0.1) is 0 Å². The molecule has 0 N–H and O–H groups in total. The highest BCUT2D eigenvalue weighted by atomic mass is 32.2. The van der Waals surface area contributed by atoms with Crippen LogP contribution in [0, 0.1) is 17.3 Å². The molecule has 0 saturated heterocycles. The maximum absolute atomic E-state index is 13.5. The van der Waals surface area contributed by atoms with E-state index < -0.39 is 23.3 Å². The van der Waals surface area contributed by atoms with Gasteiger partial charge in [-0.1, -0.05) is 12.1 Å². The van der Waals surface area contributed by atoms with E-state index in [1.165, 1.54) is 5.56 Å². The molecule has 2 atom stereocenters. The van der Waals surface area contributed by atoms with Gasteiger partial charge in [-0.2, -0.15) is 8.78 Å². The van der Waals surface area contributed by atoms with Crippen LogP contribution in [0.1, 0.15) is 44.1 Å². The molecule has 4 aliphatic carbocycles. The van der Waals surface area contributed by atoms with Gasteiger partial charge in [0, 0.05) is 5.41 Å². The summed E-state index contributed by atoms with van der Waals surface area (Å²) < 4.78 is 40.5. The number of benzene rings is 1. The Morgan fingerprint density at radius 2 is 1.86 bits per heavy atom. The first-order valence-corrected chi connectivity index (χ1v) is 10.2. The molecular weight excluding hydrogens is 390 g/mol. The SMILES string of the molecule is COc1ccc(C23CC4CC(CC(COC(=O)C(F)(F)SO[O-])(C4)C2)C3)cc1. The van der Waals surface area contributed by atoms with Crippen molar-refractivity contribution >= 4 is 18.0 Å². The Labute approximate surface area is 166 Å². The van der Waals surface area contributed by atoms with Gasteiger partial charge < -0.3 is 19.1 Å². The molecule has 0 aromatic heterocycles. The summed E-state index contributed by atoms with van der Waals surface area (Å²) in [5.74, 6) is 0.129. The molecule has 8 heteroatoms.